The third kappa shape index (κ3) is 5.44. The molecule has 0 aliphatic carbocycles. The SMILES string of the molecule is CCCCOCCNC(=O)c1sc(NCC)nc1N. The van der Waals surface area contributed by atoms with E-state index in [1.54, 1.807) is 0 Å². The number of carbonyl (C=O) groups excluding carboxylic acids is 1. The minimum absolute atomic E-state index is 0.196. The summed E-state index contributed by atoms with van der Waals surface area (Å²) < 4.78 is 5.36. The lowest BCUT2D eigenvalue weighted by Gasteiger charge is -2.05. The monoisotopic (exact) mass is 286 g/mol. The highest BCUT2D eigenvalue weighted by Gasteiger charge is 2.15. The molecule has 0 aliphatic rings. The van der Waals surface area contributed by atoms with Crippen molar-refractivity contribution >= 4 is 28.2 Å². The van der Waals surface area contributed by atoms with Gasteiger partial charge in [0.15, 0.2) is 5.13 Å². The molecule has 1 rings (SSSR count). The number of hydrogen-bond acceptors (Lipinski definition) is 6. The second-order valence-corrected chi connectivity index (χ2v) is 4.98. The summed E-state index contributed by atoms with van der Waals surface area (Å²) in [5, 5.41) is 6.48. The third-order valence-corrected chi connectivity index (χ3v) is 3.39. The highest BCUT2D eigenvalue weighted by atomic mass is 32.1. The lowest BCUT2D eigenvalue weighted by atomic mass is 10.4. The average molecular weight is 286 g/mol. The number of nitrogen functional groups attached to an aromatic ring is 1. The van der Waals surface area contributed by atoms with Gasteiger partial charge in [-0.15, -0.1) is 0 Å². The van der Waals surface area contributed by atoms with Crippen LogP contribution in [0.1, 0.15) is 36.4 Å². The Hall–Kier alpha value is -1.34. The molecule has 6 nitrogen and oxygen atoms in total. The summed E-state index contributed by atoms with van der Waals surface area (Å²) in [6.45, 7) is 6.56. The lowest BCUT2D eigenvalue weighted by molar-refractivity contribution is 0.0917. The summed E-state index contributed by atoms with van der Waals surface area (Å²) in [6.07, 6.45) is 2.15. The summed E-state index contributed by atoms with van der Waals surface area (Å²) >= 11 is 1.26. The van der Waals surface area contributed by atoms with Gasteiger partial charge in [0, 0.05) is 19.7 Å². The largest absolute Gasteiger partial charge is 0.382 e. The number of nitrogens with zero attached hydrogens (tertiary/aromatic N) is 1. The molecule has 0 spiro atoms. The van der Waals surface area contributed by atoms with Gasteiger partial charge in [0.2, 0.25) is 0 Å². The molecule has 0 radical (unpaired) electrons. The molecule has 1 heterocycles. The Morgan fingerprint density at radius 2 is 2.21 bits per heavy atom. The zero-order valence-electron chi connectivity index (χ0n) is 11.5. The van der Waals surface area contributed by atoms with Crippen LogP contribution in [-0.2, 0) is 4.74 Å². The topological polar surface area (TPSA) is 89.3 Å². The highest BCUT2D eigenvalue weighted by Crippen LogP contribution is 2.24. The van der Waals surface area contributed by atoms with E-state index >= 15 is 0 Å². The second-order valence-electron chi connectivity index (χ2n) is 3.99. The number of nitrogens with one attached hydrogen (secondary N) is 2. The number of amides is 1. The maximum Gasteiger partial charge on any atom is 0.265 e. The van der Waals surface area contributed by atoms with Gasteiger partial charge in [-0.3, -0.25) is 4.79 Å². The summed E-state index contributed by atoms with van der Waals surface area (Å²) in [7, 11) is 0. The van der Waals surface area contributed by atoms with Crippen LogP contribution in [0, 0.1) is 0 Å². The Morgan fingerprint density at radius 3 is 2.89 bits per heavy atom. The van der Waals surface area contributed by atoms with Crippen LogP contribution in [0.2, 0.25) is 0 Å². The number of hydrogen-bond donors (Lipinski definition) is 3. The van der Waals surface area contributed by atoms with Gasteiger partial charge < -0.3 is 21.1 Å². The van der Waals surface area contributed by atoms with Gasteiger partial charge >= 0.3 is 0 Å². The molecule has 0 bridgehead atoms. The zero-order valence-corrected chi connectivity index (χ0v) is 12.3. The number of aromatic nitrogens is 1. The van der Waals surface area contributed by atoms with Gasteiger partial charge in [-0.1, -0.05) is 24.7 Å². The molecule has 0 unspecified atom stereocenters. The van der Waals surface area contributed by atoms with Gasteiger partial charge in [-0.2, -0.15) is 0 Å². The number of unbranched alkanes of at least 4 members (excludes halogenated alkanes) is 1. The van der Waals surface area contributed by atoms with E-state index in [1.165, 1.54) is 11.3 Å². The van der Waals surface area contributed by atoms with E-state index in [-0.39, 0.29) is 11.7 Å². The van der Waals surface area contributed by atoms with Crippen molar-refractivity contribution in [3.8, 4) is 0 Å². The van der Waals surface area contributed by atoms with Crippen molar-refractivity contribution in [1.82, 2.24) is 10.3 Å². The number of anilines is 2. The number of nitrogens with two attached hydrogens (primary N) is 1. The van der Waals surface area contributed by atoms with Crippen molar-refractivity contribution in [2.45, 2.75) is 26.7 Å². The van der Waals surface area contributed by atoms with Crippen LogP contribution < -0.4 is 16.4 Å². The fourth-order valence-electron chi connectivity index (χ4n) is 1.39. The smallest absolute Gasteiger partial charge is 0.265 e. The van der Waals surface area contributed by atoms with E-state index in [2.05, 4.69) is 22.5 Å². The quantitative estimate of drug-likeness (QED) is 0.601. The molecule has 19 heavy (non-hydrogen) atoms. The lowest BCUT2D eigenvalue weighted by Crippen LogP contribution is -2.27. The van der Waals surface area contributed by atoms with Gasteiger partial charge in [-0.25, -0.2) is 4.98 Å². The van der Waals surface area contributed by atoms with Crippen molar-refractivity contribution in [2.24, 2.45) is 0 Å². The van der Waals surface area contributed by atoms with Gasteiger partial charge in [0.05, 0.1) is 6.61 Å². The van der Waals surface area contributed by atoms with Crippen LogP contribution in [0.5, 0.6) is 0 Å². The minimum atomic E-state index is -0.196. The van der Waals surface area contributed by atoms with Gasteiger partial charge in [0.25, 0.3) is 5.91 Å². The number of carbonyl (C=O) groups is 1. The van der Waals surface area contributed by atoms with E-state index in [0.717, 1.165) is 26.0 Å². The van der Waals surface area contributed by atoms with Crippen LogP contribution in [0.3, 0.4) is 0 Å². The normalized spacial score (nSPS) is 10.4. The number of ether oxygens (including phenoxy) is 1. The van der Waals surface area contributed by atoms with Gasteiger partial charge in [-0.05, 0) is 13.3 Å². The molecule has 0 atom stereocenters. The molecular formula is C12H22N4O2S. The van der Waals surface area contributed by atoms with Crippen LogP contribution in [0.15, 0.2) is 0 Å². The second kappa shape index (κ2) is 8.71. The predicted octanol–water partition coefficient (Wildman–Crippen LogP) is 1.70. The Labute approximate surface area is 117 Å². The Morgan fingerprint density at radius 1 is 1.42 bits per heavy atom. The minimum Gasteiger partial charge on any atom is -0.382 e. The van der Waals surface area contributed by atoms with Crippen molar-refractivity contribution in [1.29, 1.82) is 0 Å². The van der Waals surface area contributed by atoms with Crippen molar-refractivity contribution in [2.75, 3.05) is 37.4 Å². The van der Waals surface area contributed by atoms with E-state index < -0.39 is 0 Å². The molecular weight excluding hydrogens is 264 g/mol. The van der Waals surface area contributed by atoms with E-state index in [0.29, 0.717) is 23.2 Å². The van der Waals surface area contributed by atoms with Crippen molar-refractivity contribution in [3.05, 3.63) is 4.88 Å². The first kappa shape index (κ1) is 15.7. The standard InChI is InChI=1S/C12H22N4O2S/c1-3-5-7-18-8-6-15-11(17)9-10(13)16-12(19-9)14-4-2/h3-8,13H2,1-2H3,(H,14,16)(H,15,17). The molecule has 1 amide bonds. The summed E-state index contributed by atoms with van der Waals surface area (Å²) in [4.78, 5) is 16.4. The summed E-state index contributed by atoms with van der Waals surface area (Å²) in [6, 6.07) is 0. The number of thiazole rings is 1. The molecule has 0 aromatic carbocycles. The average Bonchev–Trinajstić information content (AvgIpc) is 2.75. The summed E-state index contributed by atoms with van der Waals surface area (Å²) in [5.74, 6) is 0.0728. The summed E-state index contributed by atoms with van der Waals surface area (Å²) in [5.41, 5.74) is 5.71. The van der Waals surface area contributed by atoms with E-state index in [4.69, 9.17) is 10.5 Å². The first-order valence-electron chi connectivity index (χ1n) is 6.55. The van der Waals surface area contributed by atoms with E-state index in [1.807, 2.05) is 6.92 Å². The Kier molecular flexibility index (Phi) is 7.20. The van der Waals surface area contributed by atoms with Gasteiger partial charge in [0.1, 0.15) is 10.7 Å². The molecule has 0 saturated heterocycles. The molecule has 7 heteroatoms. The van der Waals surface area contributed by atoms with Crippen molar-refractivity contribution in [3.63, 3.8) is 0 Å². The molecule has 1 aromatic heterocycles. The molecule has 0 fully saturated rings. The fourth-order valence-corrected chi connectivity index (χ4v) is 2.26. The molecule has 0 aliphatic heterocycles. The van der Waals surface area contributed by atoms with Crippen LogP contribution >= 0.6 is 11.3 Å². The van der Waals surface area contributed by atoms with Crippen LogP contribution in [0.4, 0.5) is 10.9 Å². The zero-order chi connectivity index (χ0) is 14.1. The van der Waals surface area contributed by atoms with Crippen LogP contribution in [0.25, 0.3) is 0 Å². The van der Waals surface area contributed by atoms with Crippen molar-refractivity contribution < 1.29 is 9.53 Å². The molecule has 0 saturated carbocycles. The molecule has 108 valence electrons. The molecule has 1 aromatic rings. The number of rotatable bonds is 9. The Bertz CT molecular complexity index is 395. The van der Waals surface area contributed by atoms with Crippen LogP contribution in [-0.4, -0.2) is 37.2 Å². The maximum absolute atomic E-state index is 11.9. The first-order valence-corrected chi connectivity index (χ1v) is 7.36. The highest BCUT2D eigenvalue weighted by molar-refractivity contribution is 7.18. The Balaban J connectivity index is 2.32. The van der Waals surface area contributed by atoms with E-state index in [9.17, 15) is 4.79 Å². The third-order valence-electron chi connectivity index (χ3n) is 2.36. The maximum atomic E-state index is 11.9. The molecule has 4 N–H and O–H groups in total. The first-order chi connectivity index (χ1) is 9.19. The fraction of sp³-hybridized carbons (Fsp3) is 0.667. The predicted molar refractivity (Wildman–Crippen MR) is 78.8 cm³/mol.